The van der Waals surface area contributed by atoms with Crippen LogP contribution in [0.1, 0.15) is 21.7 Å². The number of carbonyl (C=O) groups excluding carboxylic acids is 1. The van der Waals surface area contributed by atoms with E-state index in [4.69, 9.17) is 4.42 Å². The number of hydrogen-bond acceptors (Lipinski definition) is 4. The van der Waals surface area contributed by atoms with E-state index in [2.05, 4.69) is 5.32 Å². The van der Waals surface area contributed by atoms with E-state index in [1.807, 2.05) is 31.2 Å². The van der Waals surface area contributed by atoms with Crippen LogP contribution in [0.4, 0.5) is 0 Å². The van der Waals surface area contributed by atoms with E-state index in [1.54, 1.807) is 12.1 Å². The number of nitrogens with one attached hydrogen (secondary N) is 1. The predicted octanol–water partition coefficient (Wildman–Crippen LogP) is 1.78. The van der Waals surface area contributed by atoms with Crippen molar-refractivity contribution in [2.24, 2.45) is 0 Å². The molecule has 0 fully saturated rings. The monoisotopic (exact) mass is 336 g/mol. The molecule has 2 aromatic rings. The molecule has 1 N–H and O–H groups in total. The topological polar surface area (TPSA) is 79.6 Å². The third-order valence-corrected chi connectivity index (χ3v) is 4.59. The Kier molecular flexibility index (Phi) is 5.57. The minimum Gasteiger partial charge on any atom is -0.459 e. The normalized spacial score (nSPS) is 11.6. The van der Waals surface area contributed by atoms with Gasteiger partial charge < -0.3 is 9.73 Å². The second-order valence-electron chi connectivity index (χ2n) is 5.32. The summed E-state index contributed by atoms with van der Waals surface area (Å²) in [6.45, 7) is 2.65. The van der Waals surface area contributed by atoms with Crippen LogP contribution in [0.5, 0.6) is 0 Å². The van der Waals surface area contributed by atoms with Gasteiger partial charge in [-0.3, -0.25) is 4.79 Å². The Hall–Kier alpha value is -2.12. The fraction of sp³-hybridized carbons (Fsp3) is 0.312. The third kappa shape index (κ3) is 5.22. The molecule has 1 aromatic carbocycles. The molecule has 23 heavy (non-hydrogen) atoms. The molecule has 1 heterocycles. The maximum atomic E-state index is 11.9. The Morgan fingerprint density at radius 3 is 2.48 bits per heavy atom. The third-order valence-electron chi connectivity index (χ3n) is 3.34. The summed E-state index contributed by atoms with van der Waals surface area (Å²) in [5, 5.41) is 2.64. The SMILES string of the molecule is Cc1ccc(CN(CCNC(=O)c2ccco2)S(C)(=O)=O)cc1. The van der Waals surface area contributed by atoms with Gasteiger partial charge in [0.2, 0.25) is 10.0 Å². The molecule has 0 bridgehead atoms. The number of rotatable bonds is 7. The highest BCUT2D eigenvalue weighted by Crippen LogP contribution is 2.09. The largest absolute Gasteiger partial charge is 0.459 e. The Morgan fingerprint density at radius 1 is 1.22 bits per heavy atom. The number of nitrogens with zero attached hydrogens (tertiary/aromatic N) is 1. The number of aryl methyl sites for hydroxylation is 1. The summed E-state index contributed by atoms with van der Waals surface area (Å²) in [7, 11) is -3.37. The molecule has 124 valence electrons. The Bertz CT molecular complexity index is 737. The van der Waals surface area contributed by atoms with Crippen LogP contribution in [-0.2, 0) is 16.6 Å². The zero-order valence-electron chi connectivity index (χ0n) is 13.2. The second kappa shape index (κ2) is 7.43. The fourth-order valence-electron chi connectivity index (χ4n) is 2.05. The lowest BCUT2D eigenvalue weighted by molar-refractivity contribution is 0.0924. The first kappa shape index (κ1) is 17.2. The lowest BCUT2D eigenvalue weighted by Crippen LogP contribution is -2.37. The Morgan fingerprint density at radius 2 is 1.91 bits per heavy atom. The summed E-state index contributed by atoms with van der Waals surface area (Å²) >= 11 is 0. The van der Waals surface area contributed by atoms with Gasteiger partial charge in [-0.15, -0.1) is 0 Å². The van der Waals surface area contributed by atoms with Gasteiger partial charge in [0.25, 0.3) is 5.91 Å². The van der Waals surface area contributed by atoms with Crippen molar-refractivity contribution >= 4 is 15.9 Å². The zero-order valence-corrected chi connectivity index (χ0v) is 14.0. The molecule has 0 saturated heterocycles. The molecule has 0 aliphatic carbocycles. The molecule has 0 radical (unpaired) electrons. The molecule has 0 unspecified atom stereocenters. The van der Waals surface area contributed by atoms with Crippen LogP contribution >= 0.6 is 0 Å². The summed E-state index contributed by atoms with van der Waals surface area (Å²) in [5.74, 6) is -0.159. The van der Waals surface area contributed by atoms with Crippen LogP contribution in [-0.4, -0.2) is 38.0 Å². The number of benzene rings is 1. The van der Waals surface area contributed by atoms with Crippen molar-refractivity contribution in [2.75, 3.05) is 19.3 Å². The van der Waals surface area contributed by atoms with E-state index in [1.165, 1.54) is 10.6 Å². The lowest BCUT2D eigenvalue weighted by Gasteiger charge is -2.20. The summed E-state index contributed by atoms with van der Waals surface area (Å²) in [6, 6.07) is 10.8. The summed E-state index contributed by atoms with van der Waals surface area (Å²) in [5.41, 5.74) is 2.02. The first-order chi connectivity index (χ1) is 10.9. The highest BCUT2D eigenvalue weighted by Gasteiger charge is 2.17. The number of hydrogen-bond donors (Lipinski definition) is 1. The molecule has 6 nitrogen and oxygen atoms in total. The van der Waals surface area contributed by atoms with E-state index < -0.39 is 10.0 Å². The molecular weight excluding hydrogens is 316 g/mol. The van der Waals surface area contributed by atoms with Crippen molar-refractivity contribution in [1.82, 2.24) is 9.62 Å². The number of sulfonamides is 1. The van der Waals surface area contributed by atoms with Crippen LogP contribution in [0.3, 0.4) is 0 Å². The Balaban J connectivity index is 1.94. The summed E-state index contributed by atoms with van der Waals surface area (Å²) in [4.78, 5) is 11.8. The fourth-order valence-corrected chi connectivity index (χ4v) is 2.85. The van der Waals surface area contributed by atoms with E-state index in [-0.39, 0.29) is 31.3 Å². The number of carbonyl (C=O) groups is 1. The maximum Gasteiger partial charge on any atom is 0.287 e. The summed E-state index contributed by atoms with van der Waals surface area (Å²) in [6.07, 6.45) is 2.57. The first-order valence-corrected chi connectivity index (χ1v) is 9.03. The van der Waals surface area contributed by atoms with E-state index >= 15 is 0 Å². The van der Waals surface area contributed by atoms with Crippen molar-refractivity contribution in [1.29, 1.82) is 0 Å². The maximum absolute atomic E-state index is 11.9. The minimum atomic E-state index is -3.37. The lowest BCUT2D eigenvalue weighted by atomic mass is 10.1. The predicted molar refractivity (Wildman–Crippen MR) is 87.5 cm³/mol. The van der Waals surface area contributed by atoms with Crippen molar-refractivity contribution in [3.8, 4) is 0 Å². The van der Waals surface area contributed by atoms with Gasteiger partial charge in [-0.05, 0) is 24.6 Å². The van der Waals surface area contributed by atoms with Gasteiger partial charge >= 0.3 is 0 Å². The van der Waals surface area contributed by atoms with Crippen molar-refractivity contribution in [3.05, 3.63) is 59.5 Å². The molecular formula is C16H20N2O4S. The smallest absolute Gasteiger partial charge is 0.287 e. The van der Waals surface area contributed by atoms with E-state index in [9.17, 15) is 13.2 Å². The molecule has 1 aromatic heterocycles. The standard InChI is InChI=1S/C16H20N2O4S/c1-13-5-7-14(8-6-13)12-18(23(2,20)21)10-9-17-16(19)15-4-3-11-22-15/h3-8,11H,9-10,12H2,1-2H3,(H,17,19). The van der Waals surface area contributed by atoms with Gasteiger partial charge in [-0.1, -0.05) is 29.8 Å². The van der Waals surface area contributed by atoms with Gasteiger partial charge in [0.05, 0.1) is 12.5 Å². The minimum absolute atomic E-state index is 0.194. The molecule has 1 amide bonds. The van der Waals surface area contributed by atoms with Crippen molar-refractivity contribution in [3.63, 3.8) is 0 Å². The number of furan rings is 1. The van der Waals surface area contributed by atoms with Crippen LogP contribution < -0.4 is 5.32 Å². The molecule has 7 heteroatoms. The average Bonchev–Trinajstić information content (AvgIpc) is 3.01. The molecule has 0 atom stereocenters. The quantitative estimate of drug-likeness (QED) is 0.836. The number of amides is 1. The van der Waals surface area contributed by atoms with Crippen molar-refractivity contribution in [2.45, 2.75) is 13.5 Å². The van der Waals surface area contributed by atoms with Crippen LogP contribution in [0.15, 0.2) is 47.1 Å². The van der Waals surface area contributed by atoms with E-state index in [0.717, 1.165) is 17.4 Å². The Labute approximate surface area is 136 Å². The molecule has 0 spiro atoms. The zero-order chi connectivity index (χ0) is 16.9. The highest BCUT2D eigenvalue weighted by atomic mass is 32.2. The van der Waals surface area contributed by atoms with Gasteiger partial charge in [0, 0.05) is 19.6 Å². The van der Waals surface area contributed by atoms with Crippen LogP contribution in [0.2, 0.25) is 0 Å². The molecule has 2 rings (SSSR count). The first-order valence-electron chi connectivity index (χ1n) is 7.18. The van der Waals surface area contributed by atoms with Gasteiger partial charge in [0.15, 0.2) is 5.76 Å². The summed E-state index contributed by atoms with van der Waals surface area (Å²) < 4.78 is 30.1. The molecule has 0 aliphatic heterocycles. The van der Waals surface area contributed by atoms with Crippen LogP contribution in [0.25, 0.3) is 0 Å². The van der Waals surface area contributed by atoms with Gasteiger partial charge in [0.1, 0.15) is 0 Å². The van der Waals surface area contributed by atoms with E-state index in [0.29, 0.717) is 0 Å². The van der Waals surface area contributed by atoms with Gasteiger partial charge in [-0.25, -0.2) is 8.42 Å². The molecule has 0 aliphatic rings. The van der Waals surface area contributed by atoms with Crippen LogP contribution in [0, 0.1) is 6.92 Å². The second-order valence-corrected chi connectivity index (χ2v) is 7.30. The van der Waals surface area contributed by atoms with Gasteiger partial charge in [-0.2, -0.15) is 4.31 Å². The molecule has 0 saturated carbocycles. The van der Waals surface area contributed by atoms with Crippen molar-refractivity contribution < 1.29 is 17.6 Å². The average molecular weight is 336 g/mol. The highest BCUT2D eigenvalue weighted by molar-refractivity contribution is 7.88.